The minimum absolute atomic E-state index is 0. The Balaban J connectivity index is 0.000001000. The van der Waals surface area contributed by atoms with Gasteiger partial charge in [0.25, 0.3) is 0 Å². The Morgan fingerprint density at radius 1 is 1.36 bits per heavy atom. The molecule has 0 saturated carbocycles. The Kier molecular flexibility index (Phi) is 3.32. The zero-order valence-corrected chi connectivity index (χ0v) is 8.03. The average Bonchev–Trinajstić information content (AvgIpc) is 2.08. The Hall–Kier alpha value is 0.170. The highest BCUT2D eigenvalue weighted by molar-refractivity contribution is 5.85. The zero-order valence-electron chi connectivity index (χ0n) is 7.22. The van der Waals surface area contributed by atoms with Crippen LogP contribution in [-0.4, -0.2) is 24.5 Å². The highest BCUT2D eigenvalue weighted by atomic mass is 35.5. The van der Waals surface area contributed by atoms with Crippen LogP contribution in [0.4, 0.5) is 0 Å². The van der Waals surface area contributed by atoms with Crippen molar-refractivity contribution in [1.29, 1.82) is 0 Å². The second kappa shape index (κ2) is 3.27. The minimum Gasteiger partial charge on any atom is -0.347 e. The molecule has 1 saturated heterocycles. The van der Waals surface area contributed by atoms with Gasteiger partial charge in [0.1, 0.15) is 5.60 Å². The highest BCUT2D eigenvalue weighted by Crippen LogP contribution is 2.29. The van der Waals surface area contributed by atoms with Crippen LogP contribution in [0.15, 0.2) is 0 Å². The van der Waals surface area contributed by atoms with Crippen molar-refractivity contribution in [2.45, 2.75) is 32.2 Å². The Morgan fingerprint density at radius 3 is 2.09 bits per heavy atom. The summed E-state index contributed by atoms with van der Waals surface area (Å²) in [7, 11) is 0. The SMILES string of the molecule is CC1(CN)COC(C)(C)O1.Cl. The van der Waals surface area contributed by atoms with E-state index in [0.717, 1.165) is 0 Å². The molecular weight excluding hydrogens is 166 g/mol. The normalized spacial score (nSPS) is 34.9. The molecule has 3 nitrogen and oxygen atoms in total. The highest BCUT2D eigenvalue weighted by Gasteiger charge is 2.40. The van der Waals surface area contributed by atoms with E-state index in [-0.39, 0.29) is 18.0 Å². The number of hydrogen-bond acceptors (Lipinski definition) is 3. The monoisotopic (exact) mass is 181 g/mol. The molecule has 0 amide bonds. The van der Waals surface area contributed by atoms with Crippen LogP contribution >= 0.6 is 12.4 Å². The second-order valence-corrected chi connectivity index (χ2v) is 3.44. The van der Waals surface area contributed by atoms with Crippen LogP contribution < -0.4 is 5.73 Å². The van der Waals surface area contributed by atoms with Crippen LogP contribution in [-0.2, 0) is 9.47 Å². The topological polar surface area (TPSA) is 44.5 Å². The fraction of sp³-hybridized carbons (Fsp3) is 1.00. The molecule has 4 heteroatoms. The number of nitrogens with two attached hydrogens (primary N) is 1. The lowest BCUT2D eigenvalue weighted by molar-refractivity contribution is -0.155. The van der Waals surface area contributed by atoms with Gasteiger partial charge in [-0.25, -0.2) is 0 Å². The first-order valence-corrected chi connectivity index (χ1v) is 3.52. The molecule has 0 radical (unpaired) electrons. The fourth-order valence-corrected chi connectivity index (χ4v) is 1.08. The summed E-state index contributed by atoms with van der Waals surface area (Å²) in [5.74, 6) is -0.450. The lowest BCUT2D eigenvalue weighted by Gasteiger charge is -2.22. The Morgan fingerprint density at radius 2 is 1.91 bits per heavy atom. The van der Waals surface area contributed by atoms with Gasteiger partial charge in [0.05, 0.1) is 6.61 Å². The minimum atomic E-state index is -0.450. The van der Waals surface area contributed by atoms with E-state index >= 15 is 0 Å². The van der Waals surface area contributed by atoms with E-state index in [4.69, 9.17) is 15.2 Å². The van der Waals surface area contributed by atoms with Crippen LogP contribution in [0.1, 0.15) is 20.8 Å². The van der Waals surface area contributed by atoms with Crippen LogP contribution in [0.3, 0.4) is 0 Å². The molecule has 68 valence electrons. The molecule has 0 aromatic carbocycles. The summed E-state index contributed by atoms with van der Waals surface area (Å²) in [6, 6.07) is 0. The predicted molar refractivity (Wildman–Crippen MR) is 45.8 cm³/mol. The molecule has 0 spiro atoms. The first-order chi connectivity index (χ1) is 4.47. The number of rotatable bonds is 1. The van der Waals surface area contributed by atoms with Gasteiger partial charge in [-0.05, 0) is 20.8 Å². The smallest absolute Gasteiger partial charge is 0.163 e. The van der Waals surface area contributed by atoms with Crippen molar-refractivity contribution in [1.82, 2.24) is 0 Å². The molecule has 0 aromatic heterocycles. The molecule has 1 fully saturated rings. The van der Waals surface area contributed by atoms with E-state index in [2.05, 4.69) is 0 Å². The van der Waals surface area contributed by atoms with Crippen LogP contribution in [0, 0.1) is 0 Å². The maximum absolute atomic E-state index is 5.54. The van der Waals surface area contributed by atoms with Gasteiger partial charge in [0.15, 0.2) is 5.79 Å². The van der Waals surface area contributed by atoms with Crippen molar-refractivity contribution >= 4 is 12.4 Å². The number of ether oxygens (including phenoxy) is 2. The van der Waals surface area contributed by atoms with Gasteiger partial charge < -0.3 is 15.2 Å². The van der Waals surface area contributed by atoms with Gasteiger partial charge in [-0.1, -0.05) is 0 Å². The van der Waals surface area contributed by atoms with Gasteiger partial charge in [0.2, 0.25) is 0 Å². The van der Waals surface area contributed by atoms with Crippen molar-refractivity contribution in [3.8, 4) is 0 Å². The lowest BCUT2D eigenvalue weighted by Crippen LogP contribution is -2.38. The largest absolute Gasteiger partial charge is 0.347 e. The van der Waals surface area contributed by atoms with E-state index in [9.17, 15) is 0 Å². The molecule has 1 rings (SSSR count). The average molecular weight is 182 g/mol. The van der Waals surface area contributed by atoms with E-state index in [1.807, 2.05) is 20.8 Å². The van der Waals surface area contributed by atoms with Gasteiger partial charge in [0, 0.05) is 6.54 Å². The van der Waals surface area contributed by atoms with Crippen molar-refractivity contribution < 1.29 is 9.47 Å². The number of hydrogen-bond donors (Lipinski definition) is 1. The standard InChI is InChI=1S/C7H15NO2.ClH/c1-6(2)9-5-7(3,4-8)10-6;/h4-5,8H2,1-3H3;1H. The molecule has 1 unspecified atom stereocenters. The summed E-state index contributed by atoms with van der Waals surface area (Å²) < 4.78 is 10.9. The van der Waals surface area contributed by atoms with E-state index < -0.39 is 5.79 Å². The Bertz CT molecular complexity index is 140. The van der Waals surface area contributed by atoms with Gasteiger partial charge in [-0.15, -0.1) is 12.4 Å². The van der Waals surface area contributed by atoms with Crippen LogP contribution in [0.5, 0.6) is 0 Å². The summed E-state index contributed by atoms with van der Waals surface area (Å²) in [4.78, 5) is 0. The summed E-state index contributed by atoms with van der Waals surface area (Å²) in [6.07, 6.45) is 0. The van der Waals surface area contributed by atoms with Gasteiger partial charge in [-0.3, -0.25) is 0 Å². The summed E-state index contributed by atoms with van der Waals surface area (Å²) in [6.45, 7) is 6.86. The van der Waals surface area contributed by atoms with Gasteiger partial charge in [-0.2, -0.15) is 0 Å². The first kappa shape index (κ1) is 11.2. The van der Waals surface area contributed by atoms with Crippen molar-refractivity contribution in [2.24, 2.45) is 5.73 Å². The third kappa shape index (κ3) is 2.60. The molecule has 1 aliphatic heterocycles. The fourth-order valence-electron chi connectivity index (χ4n) is 1.08. The molecule has 0 bridgehead atoms. The molecule has 2 N–H and O–H groups in total. The van der Waals surface area contributed by atoms with Crippen molar-refractivity contribution in [2.75, 3.05) is 13.2 Å². The predicted octanol–water partition coefficient (Wildman–Crippen LogP) is 0.908. The molecule has 0 aliphatic carbocycles. The third-order valence-electron chi connectivity index (χ3n) is 1.65. The van der Waals surface area contributed by atoms with E-state index in [0.29, 0.717) is 13.2 Å². The molecule has 1 heterocycles. The summed E-state index contributed by atoms with van der Waals surface area (Å²) >= 11 is 0. The summed E-state index contributed by atoms with van der Waals surface area (Å²) in [5.41, 5.74) is 5.21. The van der Waals surface area contributed by atoms with Gasteiger partial charge >= 0.3 is 0 Å². The number of halogens is 1. The quantitative estimate of drug-likeness (QED) is 0.654. The molecule has 0 aromatic rings. The van der Waals surface area contributed by atoms with Crippen LogP contribution in [0.25, 0.3) is 0 Å². The molecule has 1 atom stereocenters. The first-order valence-electron chi connectivity index (χ1n) is 3.52. The second-order valence-electron chi connectivity index (χ2n) is 3.44. The molecule has 1 aliphatic rings. The maximum atomic E-state index is 5.54. The lowest BCUT2D eigenvalue weighted by atomic mass is 10.1. The maximum Gasteiger partial charge on any atom is 0.163 e. The molecular formula is C7H16ClNO2. The van der Waals surface area contributed by atoms with E-state index in [1.165, 1.54) is 0 Å². The molecule has 11 heavy (non-hydrogen) atoms. The van der Waals surface area contributed by atoms with Crippen molar-refractivity contribution in [3.63, 3.8) is 0 Å². The van der Waals surface area contributed by atoms with Crippen LogP contribution in [0.2, 0.25) is 0 Å². The zero-order chi connectivity index (χ0) is 7.83. The van der Waals surface area contributed by atoms with E-state index in [1.54, 1.807) is 0 Å². The third-order valence-corrected chi connectivity index (χ3v) is 1.65. The van der Waals surface area contributed by atoms with Crippen molar-refractivity contribution in [3.05, 3.63) is 0 Å². The Labute approximate surface area is 73.6 Å². The summed E-state index contributed by atoms with van der Waals surface area (Å²) in [5, 5.41) is 0.